The smallest absolute Gasteiger partial charge is 0.243 e. The van der Waals surface area contributed by atoms with Gasteiger partial charge in [-0.15, -0.1) is 0 Å². The molecule has 0 amide bonds. The molecule has 1 saturated heterocycles. The van der Waals surface area contributed by atoms with Crippen molar-refractivity contribution in [3.8, 4) is 17.5 Å². The van der Waals surface area contributed by atoms with E-state index in [2.05, 4.69) is 10.3 Å². The van der Waals surface area contributed by atoms with E-state index in [9.17, 15) is 8.42 Å². The van der Waals surface area contributed by atoms with Crippen LogP contribution in [-0.4, -0.2) is 37.8 Å². The van der Waals surface area contributed by atoms with Crippen LogP contribution < -0.4 is 5.32 Å². The van der Waals surface area contributed by atoms with Gasteiger partial charge in [-0.05, 0) is 37.1 Å². The zero-order valence-electron chi connectivity index (χ0n) is 13.3. The van der Waals surface area contributed by atoms with Crippen molar-refractivity contribution >= 4 is 15.9 Å². The van der Waals surface area contributed by atoms with Crippen molar-refractivity contribution in [2.24, 2.45) is 0 Å². The highest BCUT2D eigenvalue weighted by Gasteiger charge is 2.26. The zero-order chi connectivity index (χ0) is 17.2. The second-order valence-electron chi connectivity index (χ2n) is 5.55. The fourth-order valence-electron chi connectivity index (χ4n) is 2.71. The molecule has 1 aromatic heterocycles. The maximum atomic E-state index is 12.6. The lowest BCUT2D eigenvalue weighted by molar-refractivity contribution is 0.346. The molecule has 2 heterocycles. The second kappa shape index (κ2) is 6.63. The molecule has 0 atom stereocenters. The topological polar surface area (TPSA) is 99.2 Å². The number of hydrogen-bond donors (Lipinski definition) is 1. The number of piperidine rings is 1. The third-order valence-corrected chi connectivity index (χ3v) is 5.93. The minimum absolute atomic E-state index is 0.164. The molecule has 0 spiro atoms. The first kappa shape index (κ1) is 16.5. The summed E-state index contributed by atoms with van der Waals surface area (Å²) in [5.41, 5.74) is 0.781. The van der Waals surface area contributed by atoms with E-state index in [0.29, 0.717) is 18.7 Å². The standard InChI is InChI=1S/C16H18N4O3S/c1-18-16-14(11-17)19-15(23-16)12-5-7-13(8-6-12)24(21,22)20-9-3-2-4-10-20/h5-8,18H,2-4,9-10H2,1H3. The van der Waals surface area contributed by atoms with E-state index in [1.54, 1.807) is 31.3 Å². The van der Waals surface area contributed by atoms with Crippen LogP contribution in [-0.2, 0) is 10.0 Å². The van der Waals surface area contributed by atoms with Crippen LogP contribution in [0.25, 0.3) is 11.5 Å². The number of nitrogens with zero attached hydrogens (tertiary/aromatic N) is 3. The van der Waals surface area contributed by atoms with Crippen molar-refractivity contribution in [2.75, 3.05) is 25.5 Å². The Bertz CT molecular complexity index is 860. The van der Waals surface area contributed by atoms with Crippen molar-refractivity contribution in [2.45, 2.75) is 24.2 Å². The molecule has 0 unspecified atom stereocenters. The lowest BCUT2D eigenvalue weighted by Gasteiger charge is -2.25. The van der Waals surface area contributed by atoms with Gasteiger partial charge in [-0.3, -0.25) is 0 Å². The van der Waals surface area contributed by atoms with Gasteiger partial charge in [-0.25, -0.2) is 8.42 Å². The Labute approximate surface area is 141 Å². The van der Waals surface area contributed by atoms with Gasteiger partial charge in [-0.2, -0.15) is 14.6 Å². The molecular weight excluding hydrogens is 328 g/mol. The highest BCUT2D eigenvalue weighted by Crippen LogP contribution is 2.27. The van der Waals surface area contributed by atoms with Gasteiger partial charge in [-0.1, -0.05) is 6.42 Å². The highest BCUT2D eigenvalue weighted by molar-refractivity contribution is 7.89. The number of aromatic nitrogens is 1. The lowest BCUT2D eigenvalue weighted by atomic mass is 10.2. The molecule has 1 N–H and O–H groups in total. The molecule has 1 aliphatic heterocycles. The molecule has 0 saturated carbocycles. The summed E-state index contributed by atoms with van der Waals surface area (Å²) in [5, 5.41) is 11.8. The number of anilines is 1. The summed E-state index contributed by atoms with van der Waals surface area (Å²) in [7, 11) is -1.82. The molecule has 3 rings (SSSR count). The quantitative estimate of drug-likeness (QED) is 0.913. The zero-order valence-corrected chi connectivity index (χ0v) is 14.1. The van der Waals surface area contributed by atoms with Crippen molar-refractivity contribution in [3.63, 3.8) is 0 Å². The Morgan fingerprint density at radius 2 is 1.88 bits per heavy atom. The molecule has 126 valence electrons. The lowest BCUT2D eigenvalue weighted by Crippen LogP contribution is -2.35. The van der Waals surface area contributed by atoms with Gasteiger partial charge in [0, 0.05) is 25.7 Å². The number of sulfonamides is 1. The number of benzene rings is 1. The Morgan fingerprint density at radius 1 is 1.21 bits per heavy atom. The number of rotatable bonds is 4. The van der Waals surface area contributed by atoms with Crippen LogP contribution in [0.15, 0.2) is 33.6 Å². The van der Waals surface area contributed by atoms with E-state index in [-0.39, 0.29) is 22.4 Å². The summed E-state index contributed by atoms with van der Waals surface area (Å²) >= 11 is 0. The van der Waals surface area contributed by atoms with E-state index in [4.69, 9.17) is 9.68 Å². The van der Waals surface area contributed by atoms with Crippen LogP contribution in [0.1, 0.15) is 25.0 Å². The van der Waals surface area contributed by atoms with E-state index in [1.807, 2.05) is 6.07 Å². The minimum Gasteiger partial charge on any atom is -0.419 e. The van der Waals surface area contributed by atoms with Crippen LogP contribution in [0, 0.1) is 11.3 Å². The summed E-state index contributed by atoms with van der Waals surface area (Å²) in [6.45, 7) is 1.14. The van der Waals surface area contributed by atoms with Gasteiger partial charge in [0.1, 0.15) is 6.07 Å². The Balaban J connectivity index is 1.88. The number of oxazole rings is 1. The van der Waals surface area contributed by atoms with Gasteiger partial charge >= 0.3 is 0 Å². The summed E-state index contributed by atoms with van der Waals surface area (Å²) in [4.78, 5) is 4.36. The van der Waals surface area contributed by atoms with Crippen molar-refractivity contribution < 1.29 is 12.8 Å². The molecule has 0 aliphatic carbocycles. The molecule has 7 nitrogen and oxygen atoms in total. The molecule has 0 bridgehead atoms. The van der Waals surface area contributed by atoms with E-state index in [1.165, 1.54) is 4.31 Å². The van der Waals surface area contributed by atoms with Crippen molar-refractivity contribution in [3.05, 3.63) is 30.0 Å². The summed E-state index contributed by atoms with van der Waals surface area (Å²) in [6, 6.07) is 8.33. The maximum Gasteiger partial charge on any atom is 0.243 e. The Hall–Kier alpha value is -2.37. The average Bonchev–Trinajstić information content (AvgIpc) is 3.06. The van der Waals surface area contributed by atoms with E-state index >= 15 is 0 Å². The van der Waals surface area contributed by atoms with Crippen LogP contribution in [0.4, 0.5) is 5.88 Å². The molecule has 0 radical (unpaired) electrons. The van der Waals surface area contributed by atoms with E-state index in [0.717, 1.165) is 19.3 Å². The molecule has 2 aromatic rings. The van der Waals surface area contributed by atoms with Crippen LogP contribution in [0.2, 0.25) is 0 Å². The van der Waals surface area contributed by atoms with Gasteiger partial charge in [0.15, 0.2) is 0 Å². The summed E-state index contributed by atoms with van der Waals surface area (Å²) in [6.07, 6.45) is 2.87. The monoisotopic (exact) mass is 346 g/mol. The molecular formula is C16H18N4O3S. The summed E-state index contributed by atoms with van der Waals surface area (Å²) in [5.74, 6) is 0.565. The first-order chi connectivity index (χ1) is 11.6. The fourth-order valence-corrected chi connectivity index (χ4v) is 4.23. The normalized spacial score (nSPS) is 15.8. The predicted molar refractivity (Wildman–Crippen MR) is 88.8 cm³/mol. The van der Waals surface area contributed by atoms with Gasteiger partial charge in [0.2, 0.25) is 27.5 Å². The minimum atomic E-state index is -3.46. The first-order valence-corrected chi connectivity index (χ1v) is 9.19. The second-order valence-corrected chi connectivity index (χ2v) is 7.49. The fraction of sp³-hybridized carbons (Fsp3) is 0.375. The van der Waals surface area contributed by atoms with Crippen molar-refractivity contribution in [1.29, 1.82) is 5.26 Å². The molecule has 1 fully saturated rings. The molecule has 24 heavy (non-hydrogen) atoms. The van der Waals surface area contributed by atoms with Gasteiger partial charge in [0.25, 0.3) is 0 Å². The number of hydrogen-bond acceptors (Lipinski definition) is 6. The first-order valence-electron chi connectivity index (χ1n) is 7.75. The van der Waals surface area contributed by atoms with Gasteiger partial charge < -0.3 is 9.73 Å². The summed E-state index contributed by atoms with van der Waals surface area (Å²) < 4.78 is 32.2. The van der Waals surface area contributed by atoms with Crippen LogP contribution >= 0.6 is 0 Å². The number of nitriles is 1. The SMILES string of the molecule is CNc1oc(-c2ccc(S(=O)(=O)N3CCCCC3)cc2)nc1C#N. The third-order valence-electron chi connectivity index (χ3n) is 4.01. The van der Waals surface area contributed by atoms with Crippen LogP contribution in [0.5, 0.6) is 0 Å². The average molecular weight is 346 g/mol. The Kier molecular flexibility index (Phi) is 4.55. The third kappa shape index (κ3) is 3.00. The largest absolute Gasteiger partial charge is 0.419 e. The molecule has 1 aliphatic rings. The van der Waals surface area contributed by atoms with Crippen LogP contribution in [0.3, 0.4) is 0 Å². The molecule has 1 aromatic carbocycles. The van der Waals surface area contributed by atoms with Gasteiger partial charge in [0.05, 0.1) is 4.90 Å². The Morgan fingerprint density at radius 3 is 2.42 bits per heavy atom. The number of nitrogens with one attached hydrogen (secondary N) is 1. The highest BCUT2D eigenvalue weighted by atomic mass is 32.2. The molecule has 8 heteroatoms. The maximum absolute atomic E-state index is 12.6. The van der Waals surface area contributed by atoms with Crippen molar-refractivity contribution in [1.82, 2.24) is 9.29 Å². The van der Waals surface area contributed by atoms with E-state index < -0.39 is 10.0 Å². The predicted octanol–water partition coefficient (Wildman–Crippen LogP) is 2.43.